The summed E-state index contributed by atoms with van der Waals surface area (Å²) >= 11 is 0. The quantitative estimate of drug-likeness (QED) is 0.106. The number of unbranched alkanes of at least 4 members (excludes halogenated alkanes) is 1. The van der Waals surface area contributed by atoms with Crippen LogP contribution in [0, 0.1) is 0 Å². The molecule has 0 amide bonds. The van der Waals surface area contributed by atoms with Crippen LogP contribution in [-0.2, 0) is 35.0 Å². The molecule has 38 heavy (non-hydrogen) atoms. The van der Waals surface area contributed by atoms with E-state index in [2.05, 4.69) is 6.58 Å². The highest BCUT2D eigenvalue weighted by molar-refractivity contribution is 5.59. The van der Waals surface area contributed by atoms with Crippen molar-refractivity contribution in [3.63, 3.8) is 0 Å². The maximum absolute atomic E-state index is 11.8. The van der Waals surface area contributed by atoms with Crippen LogP contribution in [0.15, 0.2) is 43.0 Å². The highest BCUT2D eigenvalue weighted by atomic mass is 16.8. The Hall–Kier alpha value is -2.17. The molecule has 6 N–H and O–H groups in total. The fraction of sp³-hybridized carbons (Fsp3) is 0.640. The highest BCUT2D eigenvalue weighted by Crippen LogP contribution is 2.30. The van der Waals surface area contributed by atoms with Gasteiger partial charge in [0.05, 0.1) is 19.8 Å². The van der Waals surface area contributed by atoms with E-state index >= 15 is 0 Å². The second-order valence-corrected chi connectivity index (χ2v) is 8.96. The average molecular weight is 545 g/mol. The summed E-state index contributed by atoms with van der Waals surface area (Å²) in [6.45, 7) is 2.51. The van der Waals surface area contributed by atoms with Crippen LogP contribution < -0.4 is 0 Å². The summed E-state index contributed by atoms with van der Waals surface area (Å²) in [4.78, 5) is 11.8. The molecular formula is C25H36O13. The molecule has 0 radical (unpaired) electrons. The summed E-state index contributed by atoms with van der Waals surface area (Å²) in [6.07, 6.45) is -13.6. The number of ether oxygens (including phenoxy) is 6. The van der Waals surface area contributed by atoms with Crippen LogP contribution in [-0.4, -0.2) is 118 Å². The normalized spacial score (nSPS) is 35.4. The molecule has 3 rings (SSSR count). The Balaban J connectivity index is 1.58. The Bertz CT molecular complexity index is 853. The predicted octanol–water partition coefficient (Wildman–Crippen LogP) is -1.05. The zero-order valence-corrected chi connectivity index (χ0v) is 20.7. The number of rotatable bonds is 12. The number of carbonyl (C=O) groups excluding carboxylic acids is 1. The first-order chi connectivity index (χ1) is 18.3. The van der Waals surface area contributed by atoms with E-state index in [0.29, 0.717) is 12.8 Å². The van der Waals surface area contributed by atoms with E-state index in [1.165, 1.54) is 0 Å². The summed E-state index contributed by atoms with van der Waals surface area (Å²) in [5, 5.41) is 62.1. The Morgan fingerprint density at radius 3 is 2.26 bits per heavy atom. The van der Waals surface area contributed by atoms with E-state index < -0.39 is 80.8 Å². The van der Waals surface area contributed by atoms with Gasteiger partial charge in [0.1, 0.15) is 55.4 Å². The van der Waals surface area contributed by atoms with Gasteiger partial charge in [0.15, 0.2) is 12.6 Å². The molecular weight excluding hydrogens is 508 g/mol. The van der Waals surface area contributed by atoms with Crippen LogP contribution in [0.25, 0.3) is 0 Å². The minimum Gasteiger partial charge on any atom is -0.434 e. The summed E-state index contributed by atoms with van der Waals surface area (Å²) in [7, 11) is 0. The van der Waals surface area contributed by atoms with Crippen LogP contribution >= 0.6 is 0 Å². The van der Waals surface area contributed by atoms with Gasteiger partial charge in [-0.25, -0.2) is 4.79 Å². The van der Waals surface area contributed by atoms with Crippen LogP contribution in [0.4, 0.5) is 4.79 Å². The molecule has 13 nitrogen and oxygen atoms in total. The van der Waals surface area contributed by atoms with Crippen molar-refractivity contribution in [2.24, 2.45) is 0 Å². The standard InChI is InChI=1S/C25H36O13/c1-2-3-7-10-33-25(32)35-13-16-17(27)18(28)20(30)24(37-16)38-22-15(11-26)36-23(21(31)19(22)29)34-12-14-8-5-4-6-9-14/h2,4-6,8-9,15-24,26-31H,1,3,7,10-13H2/t15-,16-,17+,18+,19-,20-,21-,22-,23-,24+/m1/s1. The first-order valence-corrected chi connectivity index (χ1v) is 12.3. The first-order valence-electron chi connectivity index (χ1n) is 12.3. The molecule has 13 heteroatoms. The molecule has 2 saturated heterocycles. The molecule has 2 fully saturated rings. The number of hydrogen-bond donors (Lipinski definition) is 6. The first kappa shape index (κ1) is 30.4. The lowest BCUT2D eigenvalue weighted by Gasteiger charge is -2.46. The highest BCUT2D eigenvalue weighted by Gasteiger charge is 2.51. The minimum absolute atomic E-state index is 0.0614. The van der Waals surface area contributed by atoms with Crippen molar-refractivity contribution in [1.82, 2.24) is 0 Å². The molecule has 0 bridgehead atoms. The molecule has 2 aliphatic heterocycles. The maximum Gasteiger partial charge on any atom is 0.508 e. The van der Waals surface area contributed by atoms with E-state index in [1.807, 2.05) is 6.07 Å². The second kappa shape index (κ2) is 14.8. The van der Waals surface area contributed by atoms with Crippen molar-refractivity contribution in [2.45, 2.75) is 80.9 Å². The van der Waals surface area contributed by atoms with Gasteiger partial charge in [-0.15, -0.1) is 6.58 Å². The van der Waals surface area contributed by atoms with E-state index in [9.17, 15) is 35.4 Å². The van der Waals surface area contributed by atoms with E-state index in [1.54, 1.807) is 30.3 Å². The Morgan fingerprint density at radius 1 is 0.895 bits per heavy atom. The van der Waals surface area contributed by atoms with Gasteiger partial charge in [-0.05, 0) is 18.4 Å². The lowest BCUT2D eigenvalue weighted by Crippen LogP contribution is -2.64. The number of aliphatic hydroxyl groups is 6. The summed E-state index contributed by atoms with van der Waals surface area (Å²) in [5.74, 6) is 0. The number of aliphatic hydroxyl groups excluding tert-OH is 6. The van der Waals surface area contributed by atoms with E-state index in [4.69, 9.17) is 28.4 Å². The van der Waals surface area contributed by atoms with Crippen molar-refractivity contribution in [3.05, 3.63) is 48.6 Å². The average Bonchev–Trinajstić information content (AvgIpc) is 2.93. The maximum atomic E-state index is 11.8. The van der Waals surface area contributed by atoms with Gasteiger partial charge < -0.3 is 59.1 Å². The van der Waals surface area contributed by atoms with Gasteiger partial charge in [0.2, 0.25) is 0 Å². The molecule has 2 aliphatic rings. The molecule has 214 valence electrons. The number of carbonyl (C=O) groups is 1. The third-order valence-corrected chi connectivity index (χ3v) is 6.18. The van der Waals surface area contributed by atoms with Crippen molar-refractivity contribution in [3.8, 4) is 0 Å². The fourth-order valence-electron chi connectivity index (χ4n) is 4.01. The molecule has 0 saturated carbocycles. The third-order valence-electron chi connectivity index (χ3n) is 6.18. The topological polar surface area (TPSA) is 194 Å². The Morgan fingerprint density at radius 2 is 1.58 bits per heavy atom. The molecule has 2 heterocycles. The van der Waals surface area contributed by atoms with Gasteiger partial charge in [0, 0.05) is 0 Å². The van der Waals surface area contributed by atoms with Gasteiger partial charge in [-0.1, -0.05) is 36.4 Å². The van der Waals surface area contributed by atoms with E-state index in [-0.39, 0.29) is 13.2 Å². The predicted molar refractivity (Wildman–Crippen MR) is 127 cm³/mol. The zero-order chi connectivity index (χ0) is 27.7. The van der Waals surface area contributed by atoms with Crippen LogP contribution in [0.5, 0.6) is 0 Å². The Kier molecular flexibility index (Phi) is 11.9. The van der Waals surface area contributed by atoms with Crippen molar-refractivity contribution < 1.29 is 63.9 Å². The molecule has 1 aromatic rings. The summed E-state index contributed by atoms with van der Waals surface area (Å²) in [5.41, 5.74) is 0.789. The fourth-order valence-corrected chi connectivity index (χ4v) is 4.01. The molecule has 0 aliphatic carbocycles. The number of hydrogen-bond acceptors (Lipinski definition) is 13. The van der Waals surface area contributed by atoms with Gasteiger partial charge in [0.25, 0.3) is 0 Å². The van der Waals surface area contributed by atoms with Crippen LogP contribution in [0.3, 0.4) is 0 Å². The number of allylic oxidation sites excluding steroid dienone is 1. The number of benzene rings is 1. The SMILES string of the molecule is C=CCCCOC(=O)OC[C@H]1O[C@@H](O[C@H]2[C@H](O)[C@@H](O)[C@H](OCc3ccccc3)O[C@@H]2CO)[C@H](O)[C@@H](O)[C@H]1O. The zero-order valence-electron chi connectivity index (χ0n) is 20.7. The molecule has 1 aromatic carbocycles. The van der Waals surface area contributed by atoms with Crippen molar-refractivity contribution in [2.75, 3.05) is 19.8 Å². The second-order valence-electron chi connectivity index (χ2n) is 8.96. The lowest BCUT2D eigenvalue weighted by molar-refractivity contribution is -0.360. The summed E-state index contributed by atoms with van der Waals surface area (Å²) in [6, 6.07) is 9.03. The molecule has 0 unspecified atom stereocenters. The van der Waals surface area contributed by atoms with Crippen LogP contribution in [0.1, 0.15) is 18.4 Å². The van der Waals surface area contributed by atoms with Crippen molar-refractivity contribution >= 4 is 6.16 Å². The monoisotopic (exact) mass is 544 g/mol. The summed E-state index contributed by atoms with van der Waals surface area (Å²) < 4.78 is 32.1. The van der Waals surface area contributed by atoms with Crippen LogP contribution in [0.2, 0.25) is 0 Å². The van der Waals surface area contributed by atoms with Gasteiger partial charge >= 0.3 is 6.16 Å². The smallest absolute Gasteiger partial charge is 0.434 e. The largest absolute Gasteiger partial charge is 0.508 e. The van der Waals surface area contributed by atoms with E-state index in [0.717, 1.165) is 5.56 Å². The van der Waals surface area contributed by atoms with Gasteiger partial charge in [-0.3, -0.25) is 0 Å². The minimum atomic E-state index is -1.79. The third kappa shape index (κ3) is 7.93. The Labute approximate surface area is 219 Å². The molecule has 0 spiro atoms. The van der Waals surface area contributed by atoms with Gasteiger partial charge in [-0.2, -0.15) is 0 Å². The molecule has 0 aromatic heterocycles. The lowest BCUT2D eigenvalue weighted by atomic mass is 9.97. The van der Waals surface area contributed by atoms with Crippen molar-refractivity contribution in [1.29, 1.82) is 0 Å². The molecule has 10 atom stereocenters.